The van der Waals surface area contributed by atoms with Gasteiger partial charge in [-0.3, -0.25) is 4.90 Å². The van der Waals surface area contributed by atoms with E-state index in [-0.39, 0.29) is 0 Å². The maximum atomic E-state index is 13.2. The molecular formula is C22H31N5O2S2. The first-order chi connectivity index (χ1) is 15.0. The number of rotatable bonds is 4. The third-order valence-corrected chi connectivity index (χ3v) is 9.23. The number of benzene rings is 1. The van der Waals surface area contributed by atoms with E-state index in [2.05, 4.69) is 9.47 Å². The molecule has 7 nitrogen and oxygen atoms in total. The Morgan fingerprint density at radius 2 is 1.61 bits per heavy atom. The van der Waals surface area contributed by atoms with E-state index in [0.717, 1.165) is 49.2 Å². The molecule has 1 aromatic heterocycles. The van der Waals surface area contributed by atoms with Crippen molar-refractivity contribution in [3.8, 4) is 0 Å². The van der Waals surface area contributed by atoms with E-state index in [1.54, 1.807) is 10.4 Å². The summed E-state index contributed by atoms with van der Waals surface area (Å²) in [5.74, 6) is 1.09. The van der Waals surface area contributed by atoms with Gasteiger partial charge >= 0.3 is 0 Å². The Labute approximate surface area is 189 Å². The fourth-order valence-corrected chi connectivity index (χ4v) is 6.81. The van der Waals surface area contributed by atoms with E-state index in [9.17, 15) is 8.42 Å². The van der Waals surface area contributed by atoms with Crippen molar-refractivity contribution in [2.45, 2.75) is 69.5 Å². The van der Waals surface area contributed by atoms with Crippen LogP contribution in [0.4, 0.5) is 0 Å². The average Bonchev–Trinajstić information content (AvgIpc) is 2.94. The molecule has 0 saturated carbocycles. The highest BCUT2D eigenvalue weighted by atomic mass is 32.2. The van der Waals surface area contributed by atoms with Crippen molar-refractivity contribution in [1.29, 1.82) is 0 Å². The molecule has 168 valence electrons. The van der Waals surface area contributed by atoms with Gasteiger partial charge in [-0.1, -0.05) is 12.5 Å². The lowest BCUT2D eigenvalue weighted by atomic mass is 9.92. The zero-order valence-corrected chi connectivity index (χ0v) is 19.6. The molecule has 1 aliphatic carbocycles. The fourth-order valence-electron chi connectivity index (χ4n) is 5.04. The van der Waals surface area contributed by atoms with Crippen molar-refractivity contribution in [3.63, 3.8) is 0 Å². The Hall–Kier alpha value is -1.55. The predicted molar refractivity (Wildman–Crippen MR) is 122 cm³/mol. The molecule has 0 N–H and O–H groups in total. The molecule has 2 aliphatic heterocycles. The van der Waals surface area contributed by atoms with Gasteiger partial charge in [0.05, 0.1) is 11.6 Å². The number of sulfonamides is 1. The highest BCUT2D eigenvalue weighted by molar-refractivity contribution is 7.89. The Bertz CT molecular complexity index is 1110. The molecule has 3 aliphatic rings. The molecule has 0 spiro atoms. The van der Waals surface area contributed by atoms with Gasteiger partial charge in [0.1, 0.15) is 5.82 Å². The highest BCUT2D eigenvalue weighted by Gasteiger charge is 2.29. The normalized spacial score (nSPS) is 20.8. The Kier molecular flexibility index (Phi) is 6.02. The van der Waals surface area contributed by atoms with Crippen molar-refractivity contribution < 1.29 is 8.42 Å². The first-order valence-electron chi connectivity index (χ1n) is 11.5. The van der Waals surface area contributed by atoms with E-state index in [1.165, 1.54) is 30.4 Å². The number of nitrogens with zero attached hydrogens (tertiary/aromatic N) is 5. The molecule has 0 atom stereocenters. The summed E-state index contributed by atoms with van der Waals surface area (Å²) in [7, 11) is -3.45. The fraction of sp³-hybridized carbons (Fsp3) is 0.636. The maximum absolute atomic E-state index is 13.2. The summed E-state index contributed by atoms with van der Waals surface area (Å²) in [6.07, 6.45) is 8.95. The lowest BCUT2D eigenvalue weighted by Gasteiger charge is -2.33. The molecule has 0 unspecified atom stereocenters. The second-order valence-electron chi connectivity index (χ2n) is 8.96. The number of hydrogen-bond acceptors (Lipinski definition) is 5. The smallest absolute Gasteiger partial charge is 0.243 e. The standard InChI is InChI=1S/C22H31N5O2S2/c28-31(29,20-10-9-18-6-3-4-7-19(18)16-20)25-14-12-24(13-15-25)17-27-22(30)26-11-5-1-2-8-21(26)23-27/h9-10,16H,1-8,11-15,17H2. The summed E-state index contributed by atoms with van der Waals surface area (Å²) >= 11 is 5.67. The molecule has 1 saturated heterocycles. The summed E-state index contributed by atoms with van der Waals surface area (Å²) in [4.78, 5) is 2.70. The van der Waals surface area contributed by atoms with Crippen LogP contribution < -0.4 is 0 Å². The number of hydrogen-bond donors (Lipinski definition) is 0. The number of aryl methyl sites for hydroxylation is 3. The highest BCUT2D eigenvalue weighted by Crippen LogP contribution is 2.26. The number of piperazine rings is 1. The van der Waals surface area contributed by atoms with E-state index in [4.69, 9.17) is 17.3 Å². The van der Waals surface area contributed by atoms with Gasteiger partial charge in [-0.15, -0.1) is 0 Å². The van der Waals surface area contributed by atoms with Crippen LogP contribution in [-0.2, 0) is 42.5 Å². The minimum Gasteiger partial charge on any atom is -0.304 e. The number of aromatic nitrogens is 3. The number of fused-ring (bicyclic) bond motifs is 2. The van der Waals surface area contributed by atoms with Gasteiger partial charge in [0.25, 0.3) is 0 Å². The van der Waals surface area contributed by atoms with Crippen LogP contribution in [0.25, 0.3) is 0 Å². The summed E-state index contributed by atoms with van der Waals surface area (Å²) in [6.45, 7) is 3.97. The van der Waals surface area contributed by atoms with Crippen molar-refractivity contribution in [2.24, 2.45) is 0 Å². The summed E-state index contributed by atoms with van der Waals surface area (Å²) in [6, 6.07) is 5.72. The van der Waals surface area contributed by atoms with Crippen LogP contribution in [0.15, 0.2) is 23.1 Å². The molecule has 0 amide bonds. The van der Waals surface area contributed by atoms with Crippen LogP contribution in [-0.4, -0.2) is 58.1 Å². The SMILES string of the molecule is O=S(=O)(c1ccc2c(c1)CCCC2)N1CCN(Cn2nc3n(c2=S)CCCCC3)CC1. The second-order valence-corrected chi connectivity index (χ2v) is 11.3. The lowest BCUT2D eigenvalue weighted by molar-refractivity contribution is 0.144. The summed E-state index contributed by atoms with van der Waals surface area (Å²) in [5.41, 5.74) is 2.52. The first kappa shape index (κ1) is 21.3. The third kappa shape index (κ3) is 4.25. The molecule has 3 heterocycles. The zero-order chi connectivity index (χ0) is 21.4. The van der Waals surface area contributed by atoms with Crippen LogP contribution in [0.1, 0.15) is 49.1 Å². The minimum absolute atomic E-state index is 0.446. The Balaban J connectivity index is 1.25. The van der Waals surface area contributed by atoms with Gasteiger partial charge < -0.3 is 4.57 Å². The average molecular weight is 462 g/mol. The van der Waals surface area contributed by atoms with E-state index < -0.39 is 10.0 Å². The molecule has 0 radical (unpaired) electrons. The monoisotopic (exact) mass is 461 g/mol. The first-order valence-corrected chi connectivity index (χ1v) is 13.4. The summed E-state index contributed by atoms with van der Waals surface area (Å²) in [5, 5.41) is 4.76. The second kappa shape index (κ2) is 8.77. The van der Waals surface area contributed by atoms with Crippen molar-refractivity contribution >= 4 is 22.2 Å². The topological polar surface area (TPSA) is 63.4 Å². The lowest BCUT2D eigenvalue weighted by Crippen LogP contribution is -2.49. The molecule has 0 bridgehead atoms. The molecule has 1 aromatic carbocycles. The molecule has 2 aromatic rings. The third-order valence-electron chi connectivity index (χ3n) is 6.90. The van der Waals surface area contributed by atoms with Crippen LogP contribution in [0.3, 0.4) is 0 Å². The van der Waals surface area contributed by atoms with Gasteiger partial charge in [0.15, 0.2) is 4.77 Å². The quantitative estimate of drug-likeness (QED) is 0.655. The van der Waals surface area contributed by atoms with Crippen LogP contribution in [0, 0.1) is 4.77 Å². The molecule has 9 heteroatoms. The van der Waals surface area contributed by atoms with Gasteiger partial charge in [-0.05, 0) is 74.0 Å². The van der Waals surface area contributed by atoms with E-state index in [0.29, 0.717) is 37.7 Å². The Morgan fingerprint density at radius 3 is 2.42 bits per heavy atom. The molecule has 1 fully saturated rings. The van der Waals surface area contributed by atoms with Gasteiger partial charge in [-0.2, -0.15) is 9.40 Å². The van der Waals surface area contributed by atoms with E-state index in [1.807, 2.05) is 16.8 Å². The van der Waals surface area contributed by atoms with Crippen molar-refractivity contribution in [2.75, 3.05) is 26.2 Å². The van der Waals surface area contributed by atoms with Gasteiger partial charge in [-0.25, -0.2) is 13.1 Å². The van der Waals surface area contributed by atoms with Gasteiger partial charge in [0.2, 0.25) is 10.0 Å². The van der Waals surface area contributed by atoms with Crippen molar-refractivity contribution in [3.05, 3.63) is 39.9 Å². The van der Waals surface area contributed by atoms with Gasteiger partial charge in [0, 0.05) is 39.1 Å². The Morgan fingerprint density at radius 1 is 0.871 bits per heavy atom. The summed E-state index contributed by atoms with van der Waals surface area (Å²) < 4.78 is 33.0. The molecular weight excluding hydrogens is 430 g/mol. The minimum atomic E-state index is -3.45. The predicted octanol–water partition coefficient (Wildman–Crippen LogP) is 2.98. The molecule has 5 rings (SSSR count). The van der Waals surface area contributed by atoms with Crippen LogP contribution in [0.5, 0.6) is 0 Å². The van der Waals surface area contributed by atoms with Crippen LogP contribution in [0.2, 0.25) is 0 Å². The van der Waals surface area contributed by atoms with Crippen LogP contribution >= 0.6 is 12.2 Å². The molecule has 31 heavy (non-hydrogen) atoms. The van der Waals surface area contributed by atoms with E-state index >= 15 is 0 Å². The largest absolute Gasteiger partial charge is 0.304 e. The maximum Gasteiger partial charge on any atom is 0.243 e. The zero-order valence-electron chi connectivity index (χ0n) is 18.0. The van der Waals surface area contributed by atoms with Crippen molar-refractivity contribution in [1.82, 2.24) is 23.6 Å².